The molecule has 36 heteroatoms. The summed E-state index contributed by atoms with van der Waals surface area (Å²) in [5.74, 6) is -8.18. The van der Waals surface area contributed by atoms with Crippen LogP contribution in [0.4, 0.5) is 0 Å². The van der Waals surface area contributed by atoms with Crippen molar-refractivity contribution in [3.63, 3.8) is 0 Å². The summed E-state index contributed by atoms with van der Waals surface area (Å²) in [7, 11) is -5.28. The number of hydrogen-bond acceptors (Lipinski definition) is 22. The lowest BCUT2D eigenvalue weighted by atomic mass is 9.85. The maximum atomic E-state index is 15.5. The van der Waals surface area contributed by atoms with Crippen LogP contribution in [0.5, 0.6) is 11.5 Å². The second-order valence-corrected chi connectivity index (χ2v) is 36.9. The predicted octanol–water partition coefficient (Wildman–Crippen LogP) is 3.05. The highest BCUT2D eigenvalue weighted by atomic mass is 32.2. The molecule has 8 aromatic rings. The summed E-state index contributed by atoms with van der Waals surface area (Å²) in [5, 5.41) is 43.9. The predicted molar refractivity (Wildman–Crippen MR) is 445 cm³/mol. The van der Waals surface area contributed by atoms with Gasteiger partial charge in [-0.05, 0) is 121 Å². The summed E-state index contributed by atoms with van der Waals surface area (Å²) in [4.78, 5) is 151. The van der Waals surface area contributed by atoms with Gasteiger partial charge in [0.25, 0.3) is 11.8 Å². The number of nitrogens with zero attached hydrogens (tertiary/aromatic N) is 8. The zero-order chi connectivity index (χ0) is 86.7. The number of fused-ring (bicyclic) bond motifs is 2. The molecule has 2 aromatic heterocycles. The standard InChI is InChI=1S/C84H106N18O16S2/c1-13-119(113,114)95-77(107)67-37-51-25-31-63(32-26-51)117-47-59-43-102(97-93-59)62-42-70(100(46-62)82(112)72(84(8,9)10)92-74(104)50(4)86-12)80(110)90-66(40-54-24-30-56-20-16-18-22-58(56)36-54)76(106)88-68(78(108)96-120(115,116)14-2)38-52-27-33-64(34-28-52)118-48-60-44-101(98-94-60)61-41-69(99(45-61)81(111)71(83(5,6)7)91-73(103)49(3)85-11)79(109)89-65(75(105)87-67)39-53-23-29-55-19-15-17-21-57(55)35-53/h15-36,43-44,49-50,61-62,65-72,85-86H,13-14,37-42,45-48H2,1-12H3,(H,87,105)(H,88,106)(H,89,109)(H,90,110)(H,91,103)(H,92,104)(H,95,107)(H,96,108). The number of likely N-dealkylation sites (tertiary alicyclic amines) is 2. The number of amides is 10. The summed E-state index contributed by atoms with van der Waals surface area (Å²) in [5.41, 5.74) is 0.712. The Morgan fingerprint density at radius 3 is 1.19 bits per heavy atom. The molecule has 10 N–H and O–H groups in total. The van der Waals surface area contributed by atoms with Crippen LogP contribution in [0.2, 0.25) is 0 Å². The van der Waals surface area contributed by atoms with Crippen LogP contribution in [0, 0.1) is 10.8 Å². The average molecular weight is 1690 g/mol. The maximum Gasteiger partial charge on any atom is 0.256 e. The molecule has 6 aliphatic rings. The van der Waals surface area contributed by atoms with Gasteiger partial charge in [0.1, 0.15) is 84.4 Å². The van der Waals surface area contributed by atoms with Gasteiger partial charge in [0.2, 0.25) is 67.3 Å². The molecule has 34 nitrogen and oxygen atoms in total. The lowest BCUT2D eigenvalue weighted by Gasteiger charge is -2.36. The first kappa shape index (κ1) is 89.0. The molecule has 6 aromatic carbocycles. The second kappa shape index (κ2) is 38.1. The number of rotatable bonds is 18. The highest BCUT2D eigenvalue weighted by Gasteiger charge is 2.49. The van der Waals surface area contributed by atoms with Crippen molar-refractivity contribution in [2.45, 2.75) is 193 Å². The van der Waals surface area contributed by atoms with Gasteiger partial charge in [0.15, 0.2) is 0 Å². The number of ether oxygens (including phenoxy) is 2. The summed E-state index contributed by atoms with van der Waals surface area (Å²) < 4.78 is 72.3. The number of likely N-dealkylation sites (N-methyl/N-ethyl adjacent to an activating group) is 2. The molecule has 10 amide bonds. The van der Waals surface area contributed by atoms with Gasteiger partial charge in [0.05, 0.1) is 48.1 Å². The molecule has 14 rings (SSSR count). The molecule has 0 spiro atoms. The third-order valence-corrected chi connectivity index (χ3v) is 24.4. The zero-order valence-corrected chi connectivity index (χ0v) is 70.8. The van der Waals surface area contributed by atoms with Crippen molar-refractivity contribution in [1.82, 2.24) is 91.8 Å². The molecule has 12 unspecified atom stereocenters. The number of carbonyl (C=O) groups is 10. The fraction of sp³-hybridized carbons (Fsp3) is 0.452. The summed E-state index contributed by atoms with van der Waals surface area (Å²) in [6.45, 7) is 15.8. The highest BCUT2D eigenvalue weighted by molar-refractivity contribution is 7.90. The van der Waals surface area contributed by atoms with E-state index in [2.05, 4.69) is 72.6 Å². The van der Waals surface area contributed by atoms with Crippen LogP contribution in [0.15, 0.2) is 146 Å². The van der Waals surface area contributed by atoms with Crippen molar-refractivity contribution in [1.29, 1.82) is 0 Å². The minimum atomic E-state index is -4.23. The van der Waals surface area contributed by atoms with E-state index in [0.717, 1.165) is 21.5 Å². The zero-order valence-electron chi connectivity index (χ0n) is 69.2. The summed E-state index contributed by atoms with van der Waals surface area (Å²) >= 11 is 0. The number of sulfonamides is 2. The molecule has 0 saturated carbocycles. The van der Waals surface area contributed by atoms with Crippen molar-refractivity contribution in [3.05, 3.63) is 179 Å². The smallest absolute Gasteiger partial charge is 0.256 e. The van der Waals surface area contributed by atoms with Crippen LogP contribution in [-0.2, 0) is 107 Å². The number of benzene rings is 6. The van der Waals surface area contributed by atoms with Gasteiger partial charge in [-0.25, -0.2) is 26.2 Å². The first-order valence-corrected chi connectivity index (χ1v) is 43.3. The number of hydrogen-bond donors (Lipinski definition) is 10. The Balaban J connectivity index is 0.968. The Bertz CT molecular complexity index is 5020. The van der Waals surface area contributed by atoms with Crippen LogP contribution >= 0.6 is 0 Å². The molecule has 6 aliphatic heterocycles. The average Bonchev–Trinajstić information content (AvgIpc) is 1.63. The van der Waals surface area contributed by atoms with E-state index in [0.29, 0.717) is 45.1 Å². The van der Waals surface area contributed by atoms with Gasteiger partial charge < -0.3 is 61.8 Å². The molecule has 12 atom stereocenters. The fourth-order valence-electron chi connectivity index (χ4n) is 14.5. The molecular weight excluding hydrogens is 1580 g/mol. The van der Waals surface area contributed by atoms with Crippen molar-refractivity contribution >= 4 is 101 Å². The van der Waals surface area contributed by atoms with E-state index in [9.17, 15) is 36.0 Å². The second-order valence-electron chi connectivity index (χ2n) is 32.8. The van der Waals surface area contributed by atoms with Crippen molar-refractivity contribution in [2.75, 3.05) is 38.7 Å². The van der Waals surface area contributed by atoms with E-state index in [1.165, 1.54) is 33.0 Å². The Labute approximate surface area is 697 Å². The third kappa shape index (κ3) is 22.6. The van der Waals surface area contributed by atoms with Gasteiger partial charge in [-0.1, -0.05) is 161 Å². The quantitative estimate of drug-likeness (QED) is 0.0590. The van der Waals surface area contributed by atoms with E-state index in [1.54, 1.807) is 143 Å². The van der Waals surface area contributed by atoms with E-state index >= 15 is 28.8 Å². The molecule has 0 aliphatic carbocycles. The molecular formula is C84H106N18O16S2. The molecule has 2 fully saturated rings. The monoisotopic (exact) mass is 1690 g/mol. The third-order valence-electron chi connectivity index (χ3n) is 21.9. The van der Waals surface area contributed by atoms with E-state index < -0.39 is 174 Å². The normalized spacial score (nSPS) is 21.1. The topological polar surface area (TPSA) is 446 Å². The Morgan fingerprint density at radius 2 is 0.850 bits per heavy atom. The first-order valence-electron chi connectivity index (χ1n) is 40.0. The molecule has 640 valence electrons. The summed E-state index contributed by atoms with van der Waals surface area (Å²) in [6, 6.07) is 24.4. The Kier molecular flexibility index (Phi) is 28.3. The van der Waals surface area contributed by atoms with Gasteiger partial charge >= 0.3 is 0 Å². The first-order chi connectivity index (χ1) is 56.9. The van der Waals surface area contributed by atoms with Crippen LogP contribution < -0.4 is 61.5 Å². The van der Waals surface area contributed by atoms with E-state index in [4.69, 9.17) is 9.47 Å². The largest absolute Gasteiger partial charge is 0.487 e. The molecule has 8 heterocycles. The maximum absolute atomic E-state index is 15.5. The Morgan fingerprint density at radius 1 is 0.492 bits per heavy atom. The highest BCUT2D eigenvalue weighted by Crippen LogP contribution is 2.35. The minimum absolute atomic E-state index is 0.103. The lowest BCUT2D eigenvalue weighted by molar-refractivity contribution is -0.144. The fourth-order valence-corrected chi connectivity index (χ4v) is 15.7. The van der Waals surface area contributed by atoms with Crippen LogP contribution in [0.25, 0.3) is 21.5 Å². The van der Waals surface area contributed by atoms with E-state index in [-0.39, 0.29) is 64.8 Å². The Hall–Kier alpha value is -11.8. The van der Waals surface area contributed by atoms with Gasteiger partial charge in [-0.2, -0.15) is 0 Å². The van der Waals surface area contributed by atoms with Crippen LogP contribution in [0.3, 0.4) is 0 Å². The van der Waals surface area contributed by atoms with Crippen LogP contribution in [-0.4, -0.2) is 215 Å². The molecule has 12 bridgehead atoms. The molecule has 0 radical (unpaired) electrons. The summed E-state index contributed by atoms with van der Waals surface area (Å²) in [6.07, 6.45) is 2.02. The minimum Gasteiger partial charge on any atom is -0.487 e. The number of carbonyl (C=O) groups excluding carboxylic acids is 10. The van der Waals surface area contributed by atoms with E-state index in [1.807, 2.05) is 72.8 Å². The SMILES string of the molecule is CCS(=O)(=O)NC(=O)C1Cc2ccc(cc2)OCc2cn(nn2)C2CC(C(=O)NC(Cc3ccc4ccccc4c3)C(=O)NC(C(=O)NS(=O)(=O)CC)Cc3ccc(cc3)OCc3cn(nn3)C3CC(C(=O)NC(Cc4ccc5ccccc5c4)C(=O)N1)N(C(=O)C(NC(=O)C(C)NC)C(C)(C)C)C3)N(C(=O)C(NC(=O)C(C)NC)C(C)(C)C)C2. The number of aromatic nitrogens is 6. The van der Waals surface area contributed by atoms with Crippen molar-refractivity contribution in [2.24, 2.45) is 10.8 Å². The molecule has 2 saturated heterocycles. The van der Waals surface area contributed by atoms with Gasteiger partial charge in [-0.3, -0.25) is 57.4 Å². The van der Waals surface area contributed by atoms with Gasteiger partial charge in [0, 0.05) is 51.6 Å². The van der Waals surface area contributed by atoms with Crippen molar-refractivity contribution in [3.8, 4) is 11.5 Å². The molecule has 120 heavy (non-hydrogen) atoms. The number of nitrogens with one attached hydrogen (secondary N) is 10. The lowest BCUT2D eigenvalue weighted by Crippen LogP contribution is -2.61. The van der Waals surface area contributed by atoms with Crippen molar-refractivity contribution < 1.29 is 74.3 Å². The van der Waals surface area contributed by atoms with Crippen LogP contribution in [0.1, 0.15) is 128 Å². The van der Waals surface area contributed by atoms with Gasteiger partial charge in [-0.15, -0.1) is 10.2 Å².